The van der Waals surface area contributed by atoms with E-state index in [0.29, 0.717) is 21.4 Å². The lowest BCUT2D eigenvalue weighted by molar-refractivity contribution is 0.209. The van der Waals surface area contributed by atoms with Crippen LogP contribution in [0.3, 0.4) is 0 Å². The van der Waals surface area contributed by atoms with Crippen LogP contribution >= 0.6 is 31.5 Å². The third kappa shape index (κ3) is 4.76. The quantitative estimate of drug-likeness (QED) is 0.758. The molecule has 2 heterocycles. The molecule has 0 saturated heterocycles. The Labute approximate surface area is 137 Å². The lowest BCUT2D eigenvalue weighted by atomic mass is 10.3. The van der Waals surface area contributed by atoms with Gasteiger partial charge in [-0.25, -0.2) is 9.97 Å². The van der Waals surface area contributed by atoms with E-state index in [1.807, 2.05) is 0 Å². The highest BCUT2D eigenvalue weighted by atomic mass is 35.5. The van der Waals surface area contributed by atoms with E-state index in [1.54, 1.807) is 24.3 Å². The second-order valence-electron chi connectivity index (χ2n) is 4.10. The van der Waals surface area contributed by atoms with E-state index in [1.165, 1.54) is 0 Å². The first-order chi connectivity index (χ1) is 10.5. The predicted octanol–water partition coefficient (Wildman–Crippen LogP) is 3.34. The smallest absolute Gasteiger partial charge is 0.384 e. The molecule has 4 N–H and O–H groups in total. The summed E-state index contributed by atoms with van der Waals surface area (Å²) in [6, 6.07) is 6.26. The van der Waals surface area contributed by atoms with Crippen LogP contribution in [0.2, 0.25) is 10.0 Å². The van der Waals surface area contributed by atoms with Gasteiger partial charge in [-0.1, -0.05) is 23.2 Å². The van der Waals surface area contributed by atoms with E-state index in [2.05, 4.69) is 9.97 Å². The molecule has 0 bridgehead atoms. The number of pyridine rings is 2. The summed E-state index contributed by atoms with van der Waals surface area (Å²) in [6.45, 7) is -0.200. The molecule has 2 aromatic rings. The number of anilines is 2. The van der Waals surface area contributed by atoms with Crippen molar-refractivity contribution >= 4 is 43.1 Å². The minimum atomic E-state index is -2.40. The summed E-state index contributed by atoms with van der Waals surface area (Å²) in [5, 5.41) is 0.719. The Morgan fingerprint density at radius 3 is 1.73 bits per heavy atom. The molecule has 2 aromatic heterocycles. The van der Waals surface area contributed by atoms with Gasteiger partial charge in [0.1, 0.15) is 24.8 Å². The average Bonchev–Trinajstić information content (AvgIpc) is 2.49. The van der Waals surface area contributed by atoms with Crippen molar-refractivity contribution < 1.29 is 13.6 Å². The molecular weight excluding hydrogens is 350 g/mol. The molecule has 0 aliphatic rings. The van der Waals surface area contributed by atoms with Crippen molar-refractivity contribution in [3.05, 3.63) is 45.7 Å². The van der Waals surface area contributed by atoms with Crippen molar-refractivity contribution in [2.24, 2.45) is 0 Å². The third-order valence-electron chi connectivity index (χ3n) is 2.49. The lowest BCUT2D eigenvalue weighted by Crippen LogP contribution is -1.99. The van der Waals surface area contributed by atoms with Crippen molar-refractivity contribution in [2.45, 2.75) is 13.2 Å². The van der Waals surface area contributed by atoms with Gasteiger partial charge in [-0.2, -0.15) is 0 Å². The van der Waals surface area contributed by atoms with E-state index in [4.69, 9.17) is 43.7 Å². The number of rotatable bonds is 6. The third-order valence-corrected chi connectivity index (χ3v) is 3.86. The fourth-order valence-electron chi connectivity index (χ4n) is 1.47. The van der Waals surface area contributed by atoms with E-state index < -0.39 is 8.25 Å². The van der Waals surface area contributed by atoms with Gasteiger partial charge in [0.2, 0.25) is 0 Å². The maximum absolute atomic E-state index is 11.7. The van der Waals surface area contributed by atoms with Gasteiger partial charge in [0.15, 0.2) is 0 Å². The number of halogens is 2. The van der Waals surface area contributed by atoms with Crippen LogP contribution < -0.4 is 11.5 Å². The van der Waals surface area contributed by atoms with Crippen LogP contribution in [0.1, 0.15) is 11.4 Å². The zero-order valence-electron chi connectivity index (χ0n) is 11.2. The monoisotopic (exact) mass is 361 g/mol. The molecule has 0 amide bonds. The molecule has 0 aromatic carbocycles. The van der Waals surface area contributed by atoms with Gasteiger partial charge in [0.05, 0.1) is 21.4 Å². The van der Waals surface area contributed by atoms with Crippen LogP contribution in [0.15, 0.2) is 24.3 Å². The zero-order chi connectivity index (χ0) is 16.1. The predicted molar refractivity (Wildman–Crippen MR) is 84.5 cm³/mol. The van der Waals surface area contributed by atoms with Crippen LogP contribution in [0.4, 0.5) is 11.6 Å². The Kier molecular flexibility index (Phi) is 5.88. The Balaban J connectivity index is 1.88. The number of hydrogen-bond donors (Lipinski definition) is 2. The SMILES string of the molecule is Nc1ccc(Cl)c(CO[P+](=O)OCc2nc(N)ccc2Cl)n1. The van der Waals surface area contributed by atoms with Crippen LogP contribution in [0.5, 0.6) is 0 Å². The van der Waals surface area contributed by atoms with Gasteiger partial charge in [-0.15, -0.1) is 9.05 Å². The molecule has 0 unspecified atom stereocenters. The molecule has 0 radical (unpaired) electrons. The van der Waals surface area contributed by atoms with E-state index in [9.17, 15) is 4.57 Å². The summed E-state index contributed by atoms with van der Waals surface area (Å²) in [4.78, 5) is 7.95. The van der Waals surface area contributed by atoms with Gasteiger partial charge in [-0.05, 0) is 24.3 Å². The summed E-state index contributed by atoms with van der Waals surface area (Å²) in [7, 11) is -2.40. The summed E-state index contributed by atoms with van der Waals surface area (Å²) in [5.41, 5.74) is 11.8. The van der Waals surface area contributed by atoms with E-state index in [-0.39, 0.29) is 24.8 Å². The molecule has 7 nitrogen and oxygen atoms in total. The minimum Gasteiger partial charge on any atom is -0.384 e. The number of nitrogens with zero attached hydrogens (tertiary/aromatic N) is 2. The van der Waals surface area contributed by atoms with Crippen LogP contribution in [-0.4, -0.2) is 9.97 Å². The van der Waals surface area contributed by atoms with E-state index in [0.717, 1.165) is 0 Å². The van der Waals surface area contributed by atoms with Crippen molar-refractivity contribution in [1.82, 2.24) is 9.97 Å². The molecular formula is C12H12Cl2N4O3P+. The Morgan fingerprint density at radius 1 is 0.909 bits per heavy atom. The first kappa shape index (κ1) is 16.9. The minimum absolute atomic E-state index is 0.100. The molecule has 0 saturated carbocycles. The Bertz CT molecular complexity index is 645. The highest BCUT2D eigenvalue weighted by molar-refractivity contribution is 7.33. The molecule has 2 rings (SSSR count). The molecule has 0 aliphatic carbocycles. The molecule has 0 spiro atoms. The van der Waals surface area contributed by atoms with Gasteiger partial charge >= 0.3 is 8.25 Å². The second kappa shape index (κ2) is 7.67. The largest absolute Gasteiger partial charge is 0.698 e. The fourth-order valence-corrected chi connectivity index (χ4v) is 2.32. The number of nitrogens with two attached hydrogens (primary N) is 2. The molecule has 22 heavy (non-hydrogen) atoms. The second-order valence-corrected chi connectivity index (χ2v) is 5.88. The zero-order valence-corrected chi connectivity index (χ0v) is 13.6. The standard InChI is InChI=1S/C12H12Cl2N4O3P/c13-7-1-3-11(15)17-9(7)5-20-22(19)21-6-10-8(14)2-4-12(16)18-10/h1-4H,5-6H2,(H2,15,17)(H2,16,18)/q+1. The highest BCUT2D eigenvalue weighted by Crippen LogP contribution is 2.29. The topological polar surface area (TPSA) is 113 Å². The van der Waals surface area contributed by atoms with Crippen LogP contribution in [0.25, 0.3) is 0 Å². The normalized spacial score (nSPS) is 10.6. The number of aromatic nitrogens is 2. The average molecular weight is 362 g/mol. The lowest BCUT2D eigenvalue weighted by Gasteiger charge is -2.01. The molecule has 0 fully saturated rings. The molecule has 10 heteroatoms. The van der Waals surface area contributed by atoms with Gasteiger partial charge in [0, 0.05) is 4.57 Å². The van der Waals surface area contributed by atoms with Crippen molar-refractivity contribution in [3.63, 3.8) is 0 Å². The van der Waals surface area contributed by atoms with Crippen LogP contribution in [-0.2, 0) is 26.8 Å². The molecule has 0 aliphatic heterocycles. The fraction of sp³-hybridized carbons (Fsp3) is 0.167. The summed E-state index contributed by atoms with van der Waals surface area (Å²) in [5.74, 6) is 0.574. The summed E-state index contributed by atoms with van der Waals surface area (Å²) < 4.78 is 21.8. The Hall–Kier alpha value is -1.50. The van der Waals surface area contributed by atoms with E-state index >= 15 is 0 Å². The first-order valence-electron chi connectivity index (χ1n) is 6.00. The summed E-state index contributed by atoms with van der Waals surface area (Å²) in [6.07, 6.45) is 0. The van der Waals surface area contributed by atoms with Crippen molar-refractivity contribution in [2.75, 3.05) is 11.5 Å². The highest BCUT2D eigenvalue weighted by Gasteiger charge is 2.23. The number of nitrogen functional groups attached to an aromatic ring is 2. The van der Waals surface area contributed by atoms with Crippen molar-refractivity contribution in [1.29, 1.82) is 0 Å². The molecule has 0 atom stereocenters. The number of hydrogen-bond acceptors (Lipinski definition) is 7. The molecule has 116 valence electrons. The van der Waals surface area contributed by atoms with Crippen LogP contribution in [0, 0.1) is 0 Å². The Morgan fingerprint density at radius 2 is 1.32 bits per heavy atom. The summed E-state index contributed by atoms with van der Waals surface area (Å²) >= 11 is 11.8. The maximum atomic E-state index is 11.7. The van der Waals surface area contributed by atoms with Gasteiger partial charge in [0.25, 0.3) is 0 Å². The van der Waals surface area contributed by atoms with Crippen molar-refractivity contribution in [3.8, 4) is 0 Å². The van der Waals surface area contributed by atoms with Gasteiger partial charge < -0.3 is 11.5 Å². The maximum Gasteiger partial charge on any atom is 0.698 e. The first-order valence-corrected chi connectivity index (χ1v) is 7.85. The van der Waals surface area contributed by atoms with Gasteiger partial charge in [-0.3, -0.25) is 0 Å².